The van der Waals surface area contributed by atoms with Crippen LogP contribution in [0, 0.1) is 0 Å². The second-order valence-electron chi connectivity index (χ2n) is 5.83. The van der Waals surface area contributed by atoms with E-state index in [4.69, 9.17) is 4.74 Å². The highest BCUT2D eigenvalue weighted by Crippen LogP contribution is 2.25. The number of amides is 3. The molecule has 0 saturated heterocycles. The molecule has 0 atom stereocenters. The Morgan fingerprint density at radius 3 is 2.46 bits per heavy atom. The van der Waals surface area contributed by atoms with Crippen LogP contribution in [0.25, 0.3) is 0 Å². The van der Waals surface area contributed by atoms with E-state index < -0.39 is 11.8 Å². The van der Waals surface area contributed by atoms with Gasteiger partial charge in [-0.1, -0.05) is 28.1 Å². The lowest BCUT2D eigenvalue weighted by atomic mass is 10.1. The smallest absolute Gasteiger partial charge is 0.262 e. The van der Waals surface area contributed by atoms with Gasteiger partial charge in [0.15, 0.2) is 0 Å². The quantitative estimate of drug-likeness (QED) is 0.733. The van der Waals surface area contributed by atoms with Crippen molar-refractivity contribution in [3.8, 4) is 5.75 Å². The van der Waals surface area contributed by atoms with Crippen LogP contribution in [0.3, 0.4) is 0 Å². The molecule has 134 valence electrons. The Labute approximate surface area is 159 Å². The minimum Gasteiger partial charge on any atom is -0.497 e. The lowest BCUT2D eigenvalue weighted by Crippen LogP contribution is -2.40. The van der Waals surface area contributed by atoms with Gasteiger partial charge in [0.1, 0.15) is 12.3 Å². The number of nitrogens with one attached hydrogen (secondary N) is 1. The van der Waals surface area contributed by atoms with Crippen LogP contribution in [0.5, 0.6) is 5.75 Å². The molecular weight excluding hydrogens is 400 g/mol. The highest BCUT2D eigenvalue weighted by atomic mass is 79.9. The number of ether oxygens (including phenoxy) is 1. The maximum atomic E-state index is 12.3. The Morgan fingerprint density at radius 2 is 1.77 bits per heavy atom. The summed E-state index contributed by atoms with van der Waals surface area (Å²) in [4.78, 5) is 37.7. The van der Waals surface area contributed by atoms with Crippen molar-refractivity contribution in [3.63, 3.8) is 0 Å². The van der Waals surface area contributed by atoms with Crippen LogP contribution in [0.1, 0.15) is 26.3 Å². The summed E-state index contributed by atoms with van der Waals surface area (Å²) in [6.07, 6.45) is 0.644. The number of carbonyl (C=O) groups is 3. The molecule has 26 heavy (non-hydrogen) atoms. The number of nitrogens with zero attached hydrogens (tertiary/aromatic N) is 1. The molecule has 2 aromatic rings. The normalized spacial score (nSPS) is 12.9. The van der Waals surface area contributed by atoms with Gasteiger partial charge in [0.05, 0.1) is 18.2 Å². The monoisotopic (exact) mass is 416 g/mol. The van der Waals surface area contributed by atoms with Crippen molar-refractivity contribution in [2.75, 3.05) is 20.2 Å². The van der Waals surface area contributed by atoms with E-state index in [1.807, 2.05) is 24.3 Å². The number of rotatable bonds is 6. The van der Waals surface area contributed by atoms with Gasteiger partial charge in [0, 0.05) is 11.0 Å². The van der Waals surface area contributed by atoms with Crippen molar-refractivity contribution in [2.24, 2.45) is 0 Å². The van der Waals surface area contributed by atoms with Crippen LogP contribution in [0.4, 0.5) is 0 Å². The maximum Gasteiger partial charge on any atom is 0.262 e. The van der Waals surface area contributed by atoms with Crippen LogP contribution in [0.15, 0.2) is 46.9 Å². The predicted octanol–water partition coefficient (Wildman–Crippen LogP) is 2.41. The van der Waals surface area contributed by atoms with Gasteiger partial charge in [-0.15, -0.1) is 0 Å². The predicted molar refractivity (Wildman–Crippen MR) is 99.2 cm³/mol. The molecule has 6 nitrogen and oxygen atoms in total. The highest BCUT2D eigenvalue weighted by Gasteiger charge is 2.36. The molecule has 0 spiro atoms. The van der Waals surface area contributed by atoms with Crippen LogP contribution in [0.2, 0.25) is 0 Å². The molecule has 1 heterocycles. The SMILES string of the molecule is COc1ccc(CCNC(=O)CN2C(=O)c3ccc(Br)cc3C2=O)cc1. The van der Waals surface area contributed by atoms with Crippen LogP contribution in [-0.4, -0.2) is 42.8 Å². The standard InChI is InChI=1S/C19H17BrN2O4/c1-26-14-5-2-12(3-6-14)8-9-21-17(23)11-22-18(24)15-7-4-13(20)10-16(15)19(22)25/h2-7,10H,8-9,11H2,1H3,(H,21,23). The van der Waals surface area contributed by atoms with Crippen molar-refractivity contribution in [3.05, 3.63) is 63.6 Å². The molecule has 3 amide bonds. The van der Waals surface area contributed by atoms with E-state index in [0.717, 1.165) is 16.2 Å². The zero-order valence-corrected chi connectivity index (χ0v) is 15.7. The Hall–Kier alpha value is -2.67. The maximum absolute atomic E-state index is 12.3. The topological polar surface area (TPSA) is 75.7 Å². The average Bonchev–Trinajstić information content (AvgIpc) is 2.86. The van der Waals surface area contributed by atoms with E-state index in [0.29, 0.717) is 28.6 Å². The molecule has 0 unspecified atom stereocenters. The third-order valence-corrected chi connectivity index (χ3v) is 4.62. The third-order valence-electron chi connectivity index (χ3n) is 4.13. The molecule has 1 N–H and O–H groups in total. The van der Waals surface area contributed by atoms with Gasteiger partial charge >= 0.3 is 0 Å². The van der Waals surface area contributed by atoms with E-state index in [2.05, 4.69) is 21.2 Å². The summed E-state index contributed by atoms with van der Waals surface area (Å²) in [5, 5.41) is 2.74. The van der Waals surface area contributed by atoms with Crippen LogP contribution >= 0.6 is 15.9 Å². The molecule has 0 bridgehead atoms. The summed E-state index contributed by atoms with van der Waals surface area (Å²) in [6.45, 7) is 0.131. The van der Waals surface area contributed by atoms with Gasteiger partial charge in [0.2, 0.25) is 5.91 Å². The molecule has 0 saturated carbocycles. The van der Waals surface area contributed by atoms with Gasteiger partial charge in [-0.3, -0.25) is 19.3 Å². The van der Waals surface area contributed by atoms with Crippen LogP contribution in [-0.2, 0) is 11.2 Å². The Balaban J connectivity index is 1.53. The molecule has 0 aliphatic carbocycles. The minimum absolute atomic E-state index is 0.285. The van der Waals surface area contributed by atoms with Crippen molar-refractivity contribution in [2.45, 2.75) is 6.42 Å². The Morgan fingerprint density at radius 1 is 1.08 bits per heavy atom. The summed E-state index contributed by atoms with van der Waals surface area (Å²) in [6, 6.07) is 12.4. The zero-order chi connectivity index (χ0) is 18.7. The second kappa shape index (κ2) is 7.70. The second-order valence-corrected chi connectivity index (χ2v) is 6.75. The first-order valence-electron chi connectivity index (χ1n) is 8.05. The number of hydrogen-bond donors (Lipinski definition) is 1. The summed E-state index contributed by atoms with van der Waals surface area (Å²) >= 11 is 3.28. The Bertz CT molecular complexity index is 864. The zero-order valence-electron chi connectivity index (χ0n) is 14.1. The fourth-order valence-corrected chi connectivity index (χ4v) is 3.11. The first-order valence-corrected chi connectivity index (χ1v) is 8.84. The number of fused-ring (bicyclic) bond motifs is 1. The van der Waals surface area contributed by atoms with Crippen molar-refractivity contribution in [1.29, 1.82) is 0 Å². The summed E-state index contributed by atoms with van der Waals surface area (Å²) in [5.41, 5.74) is 1.69. The molecule has 7 heteroatoms. The molecule has 1 aliphatic heterocycles. The van der Waals surface area contributed by atoms with Gasteiger partial charge in [0.25, 0.3) is 11.8 Å². The summed E-state index contributed by atoms with van der Waals surface area (Å²) < 4.78 is 5.81. The Kier molecular flexibility index (Phi) is 5.37. The fourth-order valence-electron chi connectivity index (χ4n) is 2.74. The highest BCUT2D eigenvalue weighted by molar-refractivity contribution is 9.10. The summed E-state index contributed by atoms with van der Waals surface area (Å²) in [5.74, 6) is -0.485. The number of hydrogen-bond acceptors (Lipinski definition) is 4. The lowest BCUT2D eigenvalue weighted by molar-refractivity contribution is -0.121. The first kappa shape index (κ1) is 18.1. The molecule has 0 radical (unpaired) electrons. The fraction of sp³-hybridized carbons (Fsp3) is 0.211. The minimum atomic E-state index is -0.448. The number of halogens is 1. The van der Waals surface area contributed by atoms with Crippen molar-refractivity contribution < 1.29 is 19.1 Å². The van der Waals surface area contributed by atoms with E-state index in [1.54, 1.807) is 25.3 Å². The molecule has 3 rings (SSSR count). The van der Waals surface area contributed by atoms with E-state index in [1.165, 1.54) is 0 Å². The van der Waals surface area contributed by atoms with Crippen molar-refractivity contribution in [1.82, 2.24) is 10.2 Å². The van der Waals surface area contributed by atoms with Gasteiger partial charge < -0.3 is 10.1 Å². The van der Waals surface area contributed by atoms with E-state index in [9.17, 15) is 14.4 Å². The molecule has 0 aromatic heterocycles. The number of imide groups is 1. The number of benzene rings is 2. The van der Waals surface area contributed by atoms with Gasteiger partial charge in [-0.2, -0.15) is 0 Å². The van der Waals surface area contributed by atoms with E-state index in [-0.39, 0.29) is 12.5 Å². The molecule has 1 aliphatic rings. The molecular formula is C19H17BrN2O4. The van der Waals surface area contributed by atoms with Gasteiger partial charge in [-0.25, -0.2) is 0 Å². The molecule has 0 fully saturated rings. The number of methoxy groups -OCH3 is 1. The number of carbonyl (C=O) groups excluding carboxylic acids is 3. The average molecular weight is 417 g/mol. The lowest BCUT2D eigenvalue weighted by Gasteiger charge is -2.13. The van der Waals surface area contributed by atoms with Gasteiger partial charge in [-0.05, 0) is 42.3 Å². The van der Waals surface area contributed by atoms with E-state index >= 15 is 0 Å². The third kappa shape index (κ3) is 3.77. The van der Waals surface area contributed by atoms with Crippen molar-refractivity contribution >= 4 is 33.7 Å². The summed E-state index contributed by atoms with van der Waals surface area (Å²) in [7, 11) is 1.60. The largest absolute Gasteiger partial charge is 0.497 e. The first-order chi connectivity index (χ1) is 12.5. The van der Waals surface area contributed by atoms with Crippen LogP contribution < -0.4 is 10.1 Å². The molecule has 2 aromatic carbocycles.